The van der Waals surface area contributed by atoms with Crippen molar-refractivity contribution < 1.29 is 14.7 Å². The van der Waals surface area contributed by atoms with Gasteiger partial charge >= 0.3 is 12.0 Å². The van der Waals surface area contributed by atoms with Gasteiger partial charge in [-0.1, -0.05) is 39.0 Å². The highest BCUT2D eigenvalue weighted by Crippen LogP contribution is 2.29. The Balaban J connectivity index is 2.39. The van der Waals surface area contributed by atoms with Crippen molar-refractivity contribution in [1.29, 1.82) is 0 Å². The van der Waals surface area contributed by atoms with Crippen molar-refractivity contribution in [3.8, 4) is 0 Å². The second-order valence-electron chi connectivity index (χ2n) is 5.59. The van der Waals surface area contributed by atoms with Gasteiger partial charge in [-0.15, -0.1) is 0 Å². The van der Waals surface area contributed by atoms with Crippen LogP contribution in [0.15, 0.2) is 0 Å². The molecule has 110 valence electrons. The summed E-state index contributed by atoms with van der Waals surface area (Å²) < 4.78 is 0. The van der Waals surface area contributed by atoms with E-state index in [1.165, 1.54) is 0 Å². The van der Waals surface area contributed by atoms with Crippen LogP contribution in [0.2, 0.25) is 0 Å². The molecule has 1 saturated carbocycles. The van der Waals surface area contributed by atoms with Crippen molar-refractivity contribution in [3.63, 3.8) is 0 Å². The fourth-order valence-corrected chi connectivity index (χ4v) is 2.62. The summed E-state index contributed by atoms with van der Waals surface area (Å²) in [5.41, 5.74) is -1.05. The van der Waals surface area contributed by atoms with Gasteiger partial charge in [-0.3, -0.25) is 0 Å². The second kappa shape index (κ2) is 7.36. The van der Waals surface area contributed by atoms with E-state index in [0.29, 0.717) is 12.8 Å². The summed E-state index contributed by atoms with van der Waals surface area (Å²) >= 11 is 0. The van der Waals surface area contributed by atoms with E-state index in [9.17, 15) is 14.7 Å². The summed E-state index contributed by atoms with van der Waals surface area (Å²) in [6, 6.07) is -0.271. The predicted octanol–water partition coefficient (Wildman–Crippen LogP) is 2.65. The normalized spacial score (nSPS) is 18.8. The Hall–Kier alpha value is -1.26. The highest BCUT2D eigenvalue weighted by molar-refractivity contribution is 5.86. The van der Waals surface area contributed by atoms with Gasteiger partial charge in [0, 0.05) is 6.04 Å². The summed E-state index contributed by atoms with van der Waals surface area (Å²) in [5, 5.41) is 14.8. The first kappa shape index (κ1) is 15.8. The number of carbonyl (C=O) groups is 2. The highest BCUT2D eigenvalue weighted by Gasteiger charge is 2.42. The van der Waals surface area contributed by atoms with Gasteiger partial charge in [0.05, 0.1) is 0 Å². The maximum atomic E-state index is 11.9. The molecule has 1 unspecified atom stereocenters. The first-order valence-corrected chi connectivity index (χ1v) is 7.32. The van der Waals surface area contributed by atoms with Gasteiger partial charge in [-0.2, -0.15) is 0 Å². The number of carboxylic acid groups (broad SMARTS) is 1. The van der Waals surface area contributed by atoms with Gasteiger partial charge in [0.15, 0.2) is 0 Å². The lowest BCUT2D eigenvalue weighted by Crippen LogP contribution is -2.56. The Morgan fingerprint density at radius 3 is 2.42 bits per heavy atom. The number of unbranched alkanes of at least 4 members (excludes halogenated alkanes) is 2. The minimum atomic E-state index is -1.05. The molecule has 0 bridgehead atoms. The standard InChI is InChI=1S/C14H26N2O3/c1-3-4-5-8-11(2)15-13(19)16-14(12(17)18)9-6-7-10-14/h11H,3-10H2,1-2H3,(H,17,18)(H2,15,16,19). The first-order chi connectivity index (χ1) is 9.00. The van der Waals surface area contributed by atoms with Gasteiger partial charge in [0.25, 0.3) is 0 Å². The molecular formula is C14H26N2O3. The van der Waals surface area contributed by atoms with E-state index in [2.05, 4.69) is 17.6 Å². The highest BCUT2D eigenvalue weighted by atomic mass is 16.4. The van der Waals surface area contributed by atoms with E-state index in [1.54, 1.807) is 0 Å². The molecule has 5 heteroatoms. The molecule has 0 saturated heterocycles. The van der Waals surface area contributed by atoms with Crippen LogP contribution in [-0.4, -0.2) is 28.7 Å². The van der Waals surface area contributed by atoms with Crippen molar-refractivity contribution in [3.05, 3.63) is 0 Å². The van der Waals surface area contributed by atoms with Crippen molar-refractivity contribution >= 4 is 12.0 Å². The molecule has 0 spiro atoms. The number of rotatable bonds is 7. The maximum absolute atomic E-state index is 11.9. The Bertz CT molecular complexity index is 312. The average molecular weight is 270 g/mol. The molecule has 0 radical (unpaired) electrons. The van der Waals surface area contributed by atoms with Gasteiger partial charge < -0.3 is 15.7 Å². The van der Waals surface area contributed by atoms with Crippen LogP contribution in [0.1, 0.15) is 65.2 Å². The zero-order chi connectivity index (χ0) is 14.3. The van der Waals surface area contributed by atoms with Crippen LogP contribution in [0.5, 0.6) is 0 Å². The van der Waals surface area contributed by atoms with Crippen LogP contribution >= 0.6 is 0 Å². The molecule has 1 rings (SSSR count). The quantitative estimate of drug-likeness (QED) is 0.622. The van der Waals surface area contributed by atoms with E-state index >= 15 is 0 Å². The number of urea groups is 1. The van der Waals surface area contributed by atoms with Crippen molar-refractivity contribution in [2.75, 3.05) is 0 Å². The molecule has 1 aliphatic rings. The Labute approximate surface area is 115 Å². The Morgan fingerprint density at radius 1 is 1.26 bits per heavy atom. The summed E-state index contributed by atoms with van der Waals surface area (Å²) in [4.78, 5) is 23.2. The Morgan fingerprint density at radius 2 is 1.89 bits per heavy atom. The average Bonchev–Trinajstić information content (AvgIpc) is 2.79. The smallest absolute Gasteiger partial charge is 0.329 e. The minimum absolute atomic E-state index is 0.0822. The predicted molar refractivity (Wildman–Crippen MR) is 74.1 cm³/mol. The number of hydrogen-bond acceptors (Lipinski definition) is 2. The number of nitrogens with one attached hydrogen (secondary N) is 2. The summed E-state index contributed by atoms with van der Waals surface area (Å²) in [7, 11) is 0. The van der Waals surface area contributed by atoms with Crippen LogP contribution < -0.4 is 10.6 Å². The maximum Gasteiger partial charge on any atom is 0.329 e. The number of aliphatic carboxylic acids is 1. The SMILES string of the molecule is CCCCCC(C)NC(=O)NC1(C(=O)O)CCCC1. The molecule has 1 atom stereocenters. The van der Waals surface area contributed by atoms with Crippen molar-refractivity contribution in [2.24, 2.45) is 0 Å². The van der Waals surface area contributed by atoms with E-state index < -0.39 is 11.5 Å². The van der Waals surface area contributed by atoms with Crippen molar-refractivity contribution in [1.82, 2.24) is 10.6 Å². The molecule has 1 aliphatic carbocycles. The van der Waals surface area contributed by atoms with Crippen LogP contribution in [0.25, 0.3) is 0 Å². The van der Waals surface area contributed by atoms with Crippen LogP contribution in [-0.2, 0) is 4.79 Å². The lowest BCUT2D eigenvalue weighted by atomic mass is 9.98. The monoisotopic (exact) mass is 270 g/mol. The minimum Gasteiger partial charge on any atom is -0.480 e. The third-order valence-corrected chi connectivity index (χ3v) is 3.84. The van der Waals surface area contributed by atoms with Gasteiger partial charge in [0.2, 0.25) is 0 Å². The fraction of sp³-hybridized carbons (Fsp3) is 0.857. The lowest BCUT2D eigenvalue weighted by molar-refractivity contribution is -0.144. The van der Waals surface area contributed by atoms with Gasteiger partial charge in [-0.25, -0.2) is 9.59 Å². The van der Waals surface area contributed by atoms with E-state index in [4.69, 9.17) is 0 Å². The molecule has 0 aromatic rings. The molecule has 0 aliphatic heterocycles. The zero-order valence-electron chi connectivity index (χ0n) is 12.0. The lowest BCUT2D eigenvalue weighted by Gasteiger charge is -2.26. The fourth-order valence-electron chi connectivity index (χ4n) is 2.62. The largest absolute Gasteiger partial charge is 0.480 e. The summed E-state index contributed by atoms with van der Waals surface area (Å²) in [6.07, 6.45) is 7.11. The number of hydrogen-bond donors (Lipinski definition) is 3. The third kappa shape index (κ3) is 4.73. The van der Waals surface area contributed by atoms with Gasteiger partial charge in [-0.05, 0) is 26.2 Å². The van der Waals surface area contributed by atoms with Crippen LogP contribution in [0.4, 0.5) is 4.79 Å². The molecule has 0 aromatic heterocycles. The molecule has 0 aromatic carbocycles. The molecule has 2 amide bonds. The Kier molecular flexibility index (Phi) is 6.12. The summed E-state index contributed by atoms with van der Waals surface area (Å²) in [5.74, 6) is -0.918. The van der Waals surface area contributed by atoms with Crippen LogP contribution in [0.3, 0.4) is 0 Å². The second-order valence-corrected chi connectivity index (χ2v) is 5.59. The molecular weight excluding hydrogens is 244 g/mol. The molecule has 19 heavy (non-hydrogen) atoms. The van der Waals surface area contributed by atoms with E-state index in [-0.39, 0.29) is 12.1 Å². The van der Waals surface area contributed by atoms with E-state index in [0.717, 1.165) is 38.5 Å². The molecule has 3 N–H and O–H groups in total. The first-order valence-electron chi connectivity index (χ1n) is 7.32. The van der Waals surface area contributed by atoms with Gasteiger partial charge in [0.1, 0.15) is 5.54 Å². The molecule has 1 fully saturated rings. The third-order valence-electron chi connectivity index (χ3n) is 3.84. The van der Waals surface area contributed by atoms with E-state index in [1.807, 2.05) is 6.92 Å². The number of amides is 2. The molecule has 5 nitrogen and oxygen atoms in total. The van der Waals surface area contributed by atoms with Crippen LogP contribution in [0, 0.1) is 0 Å². The number of carbonyl (C=O) groups excluding carboxylic acids is 1. The zero-order valence-corrected chi connectivity index (χ0v) is 12.0. The van der Waals surface area contributed by atoms with Crippen molar-refractivity contribution in [2.45, 2.75) is 76.8 Å². The molecule has 0 heterocycles. The summed E-state index contributed by atoms with van der Waals surface area (Å²) in [6.45, 7) is 4.10. The topological polar surface area (TPSA) is 78.4 Å². The number of carboxylic acids is 1.